The SMILES string of the molecule is CC(Oc1ccc(F)cc1)C(=O)NNC(=O)c1cc2cc([N+](=O)[O-])ccc2s1. The van der Waals surface area contributed by atoms with Crippen LogP contribution in [0.1, 0.15) is 16.6 Å². The normalized spacial score (nSPS) is 11.6. The van der Waals surface area contributed by atoms with Gasteiger partial charge in [0.2, 0.25) is 0 Å². The van der Waals surface area contributed by atoms with E-state index in [2.05, 4.69) is 10.9 Å². The molecule has 28 heavy (non-hydrogen) atoms. The molecule has 0 radical (unpaired) electrons. The van der Waals surface area contributed by atoms with E-state index in [-0.39, 0.29) is 10.6 Å². The van der Waals surface area contributed by atoms with Crippen LogP contribution in [0.2, 0.25) is 0 Å². The van der Waals surface area contributed by atoms with Crippen LogP contribution in [0.3, 0.4) is 0 Å². The molecule has 10 heteroatoms. The van der Waals surface area contributed by atoms with Crippen LogP contribution in [-0.2, 0) is 4.79 Å². The van der Waals surface area contributed by atoms with Crippen molar-refractivity contribution in [2.24, 2.45) is 0 Å². The monoisotopic (exact) mass is 403 g/mol. The number of nitro benzene ring substituents is 1. The number of carbonyl (C=O) groups is 2. The average Bonchev–Trinajstić information content (AvgIpc) is 3.10. The van der Waals surface area contributed by atoms with Crippen molar-refractivity contribution in [1.29, 1.82) is 0 Å². The summed E-state index contributed by atoms with van der Waals surface area (Å²) in [7, 11) is 0. The number of hydrogen-bond donors (Lipinski definition) is 2. The number of non-ortho nitro benzene ring substituents is 1. The molecule has 8 nitrogen and oxygen atoms in total. The maximum absolute atomic E-state index is 12.9. The number of nitrogens with one attached hydrogen (secondary N) is 2. The number of fused-ring (bicyclic) bond motifs is 1. The van der Waals surface area contributed by atoms with Crippen molar-refractivity contribution in [3.8, 4) is 5.75 Å². The minimum absolute atomic E-state index is 0.0719. The second kappa shape index (κ2) is 8.01. The number of benzene rings is 2. The van der Waals surface area contributed by atoms with Crippen molar-refractivity contribution >= 4 is 38.9 Å². The quantitative estimate of drug-likeness (QED) is 0.502. The summed E-state index contributed by atoms with van der Waals surface area (Å²) in [6.07, 6.45) is -0.934. The van der Waals surface area contributed by atoms with Gasteiger partial charge in [0.1, 0.15) is 11.6 Å². The molecular formula is C18H14FN3O5S. The number of hydrazine groups is 1. The summed E-state index contributed by atoms with van der Waals surface area (Å²) < 4.78 is 18.9. The van der Waals surface area contributed by atoms with Crippen LogP contribution in [0.25, 0.3) is 10.1 Å². The molecule has 0 spiro atoms. The van der Waals surface area contributed by atoms with Crippen LogP contribution in [0.15, 0.2) is 48.5 Å². The van der Waals surface area contributed by atoms with Gasteiger partial charge in [-0.05, 0) is 43.3 Å². The molecule has 2 amide bonds. The van der Waals surface area contributed by atoms with Crippen molar-refractivity contribution in [3.63, 3.8) is 0 Å². The number of rotatable bonds is 5. The molecule has 0 aliphatic heterocycles. The number of thiophene rings is 1. The van der Waals surface area contributed by atoms with Crippen LogP contribution in [0.4, 0.5) is 10.1 Å². The fraction of sp³-hybridized carbons (Fsp3) is 0.111. The molecule has 3 rings (SSSR count). The molecule has 0 saturated carbocycles. The van der Waals surface area contributed by atoms with Gasteiger partial charge in [-0.25, -0.2) is 4.39 Å². The topological polar surface area (TPSA) is 111 Å². The molecule has 2 aromatic carbocycles. The zero-order chi connectivity index (χ0) is 20.3. The highest BCUT2D eigenvalue weighted by atomic mass is 32.1. The fourth-order valence-corrected chi connectivity index (χ4v) is 3.25. The van der Waals surface area contributed by atoms with Crippen LogP contribution < -0.4 is 15.6 Å². The summed E-state index contributed by atoms with van der Waals surface area (Å²) in [5.41, 5.74) is 4.45. The van der Waals surface area contributed by atoms with Gasteiger partial charge < -0.3 is 4.74 Å². The Kier molecular flexibility index (Phi) is 5.50. The second-order valence-corrected chi connectivity index (χ2v) is 6.83. The second-order valence-electron chi connectivity index (χ2n) is 5.75. The summed E-state index contributed by atoms with van der Waals surface area (Å²) in [4.78, 5) is 34.9. The van der Waals surface area contributed by atoms with Crippen molar-refractivity contribution in [3.05, 3.63) is 69.3 Å². The number of amides is 2. The predicted molar refractivity (Wildman–Crippen MR) is 101 cm³/mol. The highest BCUT2D eigenvalue weighted by Gasteiger charge is 2.17. The van der Waals surface area contributed by atoms with Crippen LogP contribution >= 0.6 is 11.3 Å². The first-order chi connectivity index (χ1) is 13.3. The molecular weight excluding hydrogens is 389 g/mol. The summed E-state index contributed by atoms with van der Waals surface area (Å²) in [5.74, 6) is -1.28. The largest absolute Gasteiger partial charge is 0.481 e. The van der Waals surface area contributed by atoms with Gasteiger partial charge in [-0.1, -0.05) is 0 Å². The Hall–Kier alpha value is -3.53. The first-order valence-electron chi connectivity index (χ1n) is 8.04. The zero-order valence-corrected chi connectivity index (χ0v) is 15.3. The Morgan fingerprint density at radius 3 is 2.54 bits per heavy atom. The van der Waals surface area contributed by atoms with E-state index in [1.54, 1.807) is 6.07 Å². The van der Waals surface area contributed by atoms with Gasteiger partial charge in [-0.15, -0.1) is 11.3 Å². The first-order valence-corrected chi connectivity index (χ1v) is 8.85. The Morgan fingerprint density at radius 2 is 1.86 bits per heavy atom. The molecule has 0 bridgehead atoms. The predicted octanol–water partition coefficient (Wildman–Crippen LogP) is 3.18. The van der Waals surface area contributed by atoms with Gasteiger partial charge in [-0.3, -0.25) is 30.6 Å². The van der Waals surface area contributed by atoms with Gasteiger partial charge in [0, 0.05) is 22.2 Å². The number of carbonyl (C=O) groups excluding carboxylic acids is 2. The zero-order valence-electron chi connectivity index (χ0n) is 14.5. The minimum atomic E-state index is -0.934. The number of nitro groups is 1. The van der Waals surface area contributed by atoms with Gasteiger partial charge in [-0.2, -0.15) is 0 Å². The number of halogens is 1. The fourth-order valence-electron chi connectivity index (χ4n) is 2.31. The molecule has 1 heterocycles. The third kappa shape index (κ3) is 4.41. The van der Waals surface area contributed by atoms with E-state index in [9.17, 15) is 24.1 Å². The van der Waals surface area contributed by atoms with Crippen molar-refractivity contribution in [2.45, 2.75) is 13.0 Å². The maximum Gasteiger partial charge on any atom is 0.279 e. The van der Waals surface area contributed by atoms with E-state index < -0.39 is 28.7 Å². The molecule has 1 atom stereocenters. The minimum Gasteiger partial charge on any atom is -0.481 e. The molecule has 0 saturated heterocycles. The highest BCUT2D eigenvalue weighted by Crippen LogP contribution is 2.28. The van der Waals surface area contributed by atoms with E-state index >= 15 is 0 Å². The van der Waals surface area contributed by atoms with E-state index in [4.69, 9.17) is 4.74 Å². The first kappa shape index (κ1) is 19.2. The molecule has 3 aromatic rings. The Labute approximate surface area is 162 Å². The third-order valence-electron chi connectivity index (χ3n) is 3.73. The molecule has 2 N–H and O–H groups in total. The lowest BCUT2D eigenvalue weighted by atomic mass is 10.2. The van der Waals surface area contributed by atoms with Gasteiger partial charge in [0.05, 0.1) is 9.80 Å². The summed E-state index contributed by atoms with van der Waals surface area (Å²) >= 11 is 1.14. The van der Waals surface area contributed by atoms with E-state index in [1.807, 2.05) is 0 Å². The van der Waals surface area contributed by atoms with E-state index in [0.717, 1.165) is 11.3 Å². The standard InChI is InChI=1S/C18H14FN3O5S/c1-10(27-14-5-2-12(19)3-6-14)17(23)20-21-18(24)16-9-11-8-13(22(25)26)4-7-15(11)28-16/h2-10H,1H3,(H,20,23)(H,21,24). The lowest BCUT2D eigenvalue weighted by Gasteiger charge is -2.14. The van der Waals surface area contributed by atoms with Gasteiger partial charge in [0.25, 0.3) is 17.5 Å². The van der Waals surface area contributed by atoms with Gasteiger partial charge >= 0.3 is 0 Å². The van der Waals surface area contributed by atoms with Crippen molar-refractivity contribution < 1.29 is 23.6 Å². The van der Waals surface area contributed by atoms with E-state index in [0.29, 0.717) is 15.8 Å². The number of ether oxygens (including phenoxy) is 1. The molecule has 0 aliphatic carbocycles. The maximum atomic E-state index is 12.9. The molecule has 144 valence electrons. The molecule has 0 aliphatic rings. The molecule has 1 unspecified atom stereocenters. The highest BCUT2D eigenvalue weighted by molar-refractivity contribution is 7.20. The summed E-state index contributed by atoms with van der Waals surface area (Å²) in [6, 6.07) is 11.0. The number of nitrogens with zero attached hydrogens (tertiary/aromatic N) is 1. The van der Waals surface area contributed by atoms with Crippen LogP contribution in [0, 0.1) is 15.9 Å². The van der Waals surface area contributed by atoms with Crippen molar-refractivity contribution in [1.82, 2.24) is 10.9 Å². The van der Waals surface area contributed by atoms with Crippen LogP contribution in [0.5, 0.6) is 5.75 Å². The molecule has 0 fully saturated rings. The van der Waals surface area contributed by atoms with E-state index in [1.165, 1.54) is 49.4 Å². The lowest BCUT2D eigenvalue weighted by molar-refractivity contribution is -0.384. The number of hydrogen-bond acceptors (Lipinski definition) is 6. The summed E-state index contributed by atoms with van der Waals surface area (Å²) in [6.45, 7) is 1.48. The Bertz CT molecular complexity index is 1050. The Morgan fingerprint density at radius 1 is 1.14 bits per heavy atom. The lowest BCUT2D eigenvalue weighted by Crippen LogP contribution is -2.47. The summed E-state index contributed by atoms with van der Waals surface area (Å²) in [5, 5.41) is 11.4. The van der Waals surface area contributed by atoms with Gasteiger partial charge in [0.15, 0.2) is 6.10 Å². The third-order valence-corrected chi connectivity index (χ3v) is 4.84. The average molecular weight is 403 g/mol. The van der Waals surface area contributed by atoms with Crippen LogP contribution in [-0.4, -0.2) is 22.8 Å². The van der Waals surface area contributed by atoms with Crippen molar-refractivity contribution in [2.75, 3.05) is 0 Å². The Balaban J connectivity index is 1.59. The smallest absolute Gasteiger partial charge is 0.279 e. The molecule has 1 aromatic heterocycles.